The molecule has 21 heavy (non-hydrogen) atoms. The molecule has 0 bridgehead atoms. The van der Waals surface area contributed by atoms with Gasteiger partial charge in [0, 0.05) is 6.04 Å². The molecule has 0 aliphatic heterocycles. The minimum atomic E-state index is -0.952. The van der Waals surface area contributed by atoms with E-state index in [4.69, 9.17) is 4.74 Å². The van der Waals surface area contributed by atoms with Crippen LogP contribution in [-0.2, 0) is 16.0 Å². The van der Waals surface area contributed by atoms with Gasteiger partial charge in [-0.3, -0.25) is 4.79 Å². The Morgan fingerprint density at radius 2 is 1.81 bits per heavy atom. The van der Waals surface area contributed by atoms with Gasteiger partial charge in [0.1, 0.15) is 5.60 Å². The molecular weight excluding hydrogens is 270 g/mol. The summed E-state index contributed by atoms with van der Waals surface area (Å²) in [4.78, 5) is 23.1. The number of hydrogen-bond donors (Lipinski definition) is 2. The van der Waals surface area contributed by atoms with E-state index < -0.39 is 29.6 Å². The predicted molar refractivity (Wildman–Crippen MR) is 80.1 cm³/mol. The zero-order valence-corrected chi connectivity index (χ0v) is 12.9. The summed E-state index contributed by atoms with van der Waals surface area (Å²) in [5.74, 6) is -1.66. The Morgan fingerprint density at radius 3 is 2.29 bits per heavy atom. The standard InChI is InChI=1S/C16H23NO4/c1-11(14(18)19)13(10-12-8-6-5-7-9-12)17-15(20)21-16(2,3)4/h5-9,11,13H,10H2,1-4H3,(H,17,20)(H,18,19)/t11-,13-/m0/s1. The van der Waals surface area contributed by atoms with Gasteiger partial charge >= 0.3 is 12.1 Å². The van der Waals surface area contributed by atoms with Crippen molar-refractivity contribution < 1.29 is 19.4 Å². The Bertz CT molecular complexity index is 479. The maximum atomic E-state index is 11.9. The largest absolute Gasteiger partial charge is 0.481 e. The van der Waals surface area contributed by atoms with Crippen LogP contribution >= 0.6 is 0 Å². The third-order valence-electron chi connectivity index (χ3n) is 2.99. The maximum absolute atomic E-state index is 11.9. The molecule has 0 heterocycles. The first-order valence-corrected chi connectivity index (χ1v) is 6.95. The van der Waals surface area contributed by atoms with Gasteiger partial charge in [-0.1, -0.05) is 30.3 Å². The number of carboxylic acids is 1. The summed E-state index contributed by atoms with van der Waals surface area (Å²) in [5.41, 5.74) is 0.347. The van der Waals surface area contributed by atoms with Crippen molar-refractivity contribution in [1.29, 1.82) is 0 Å². The van der Waals surface area contributed by atoms with Crippen LogP contribution < -0.4 is 5.32 Å². The van der Waals surface area contributed by atoms with Crippen molar-refractivity contribution in [3.63, 3.8) is 0 Å². The molecule has 0 aromatic heterocycles. The molecule has 0 fully saturated rings. The Balaban J connectivity index is 2.78. The highest BCUT2D eigenvalue weighted by Gasteiger charge is 2.27. The van der Waals surface area contributed by atoms with Crippen molar-refractivity contribution >= 4 is 12.1 Å². The number of carbonyl (C=O) groups is 2. The minimum absolute atomic E-state index is 0.438. The fraction of sp³-hybridized carbons (Fsp3) is 0.500. The molecule has 1 aromatic carbocycles. The molecule has 0 unspecified atom stereocenters. The molecule has 116 valence electrons. The van der Waals surface area contributed by atoms with Crippen molar-refractivity contribution in [3.8, 4) is 0 Å². The van der Waals surface area contributed by atoms with E-state index in [1.54, 1.807) is 27.7 Å². The van der Waals surface area contributed by atoms with E-state index in [-0.39, 0.29) is 0 Å². The third-order valence-corrected chi connectivity index (χ3v) is 2.99. The highest BCUT2D eigenvalue weighted by Crippen LogP contribution is 2.13. The minimum Gasteiger partial charge on any atom is -0.481 e. The van der Waals surface area contributed by atoms with Crippen LogP contribution in [0.2, 0.25) is 0 Å². The molecule has 0 saturated heterocycles. The zero-order chi connectivity index (χ0) is 16.0. The van der Waals surface area contributed by atoms with E-state index in [9.17, 15) is 14.7 Å². The molecular formula is C16H23NO4. The SMILES string of the molecule is C[C@H](C(=O)O)[C@H](Cc1ccccc1)NC(=O)OC(C)(C)C. The number of ether oxygens (including phenoxy) is 1. The highest BCUT2D eigenvalue weighted by atomic mass is 16.6. The molecule has 0 aliphatic carbocycles. The van der Waals surface area contributed by atoms with Crippen LogP contribution in [0.4, 0.5) is 4.79 Å². The van der Waals surface area contributed by atoms with E-state index in [0.29, 0.717) is 6.42 Å². The summed E-state index contributed by atoms with van der Waals surface area (Å²) < 4.78 is 5.19. The van der Waals surface area contributed by atoms with E-state index in [1.807, 2.05) is 30.3 Å². The van der Waals surface area contributed by atoms with E-state index in [2.05, 4.69) is 5.32 Å². The van der Waals surface area contributed by atoms with Gasteiger partial charge in [-0.15, -0.1) is 0 Å². The van der Waals surface area contributed by atoms with Crippen LogP contribution in [0.15, 0.2) is 30.3 Å². The van der Waals surface area contributed by atoms with Gasteiger partial charge in [-0.05, 0) is 39.7 Å². The second-order valence-electron chi connectivity index (χ2n) is 6.07. The summed E-state index contributed by atoms with van der Waals surface area (Å²) in [7, 11) is 0. The first-order valence-electron chi connectivity index (χ1n) is 6.95. The Morgan fingerprint density at radius 1 is 1.24 bits per heavy atom. The van der Waals surface area contributed by atoms with Crippen LogP contribution in [0.5, 0.6) is 0 Å². The van der Waals surface area contributed by atoms with Crippen molar-refractivity contribution in [1.82, 2.24) is 5.32 Å². The molecule has 0 radical (unpaired) electrons. The van der Waals surface area contributed by atoms with E-state index in [0.717, 1.165) is 5.56 Å². The number of benzene rings is 1. The van der Waals surface area contributed by atoms with Crippen LogP contribution in [0, 0.1) is 5.92 Å². The maximum Gasteiger partial charge on any atom is 0.407 e. The Hall–Kier alpha value is -2.04. The molecule has 1 amide bonds. The van der Waals surface area contributed by atoms with Crippen LogP contribution in [-0.4, -0.2) is 28.8 Å². The molecule has 0 saturated carbocycles. The second-order valence-corrected chi connectivity index (χ2v) is 6.07. The molecule has 0 spiro atoms. The lowest BCUT2D eigenvalue weighted by Crippen LogP contribution is -2.45. The van der Waals surface area contributed by atoms with Crippen LogP contribution in [0.3, 0.4) is 0 Å². The van der Waals surface area contributed by atoms with E-state index in [1.165, 1.54) is 0 Å². The monoisotopic (exact) mass is 293 g/mol. The van der Waals surface area contributed by atoms with Gasteiger partial charge in [0.25, 0.3) is 0 Å². The third kappa shape index (κ3) is 6.29. The number of amides is 1. The Labute approximate surface area is 125 Å². The van der Waals surface area contributed by atoms with Crippen LogP contribution in [0.1, 0.15) is 33.3 Å². The Kier molecular flexibility index (Phi) is 5.76. The first-order chi connectivity index (χ1) is 9.69. The van der Waals surface area contributed by atoms with Gasteiger partial charge < -0.3 is 15.2 Å². The second kappa shape index (κ2) is 7.11. The fourth-order valence-corrected chi connectivity index (χ4v) is 1.85. The summed E-state index contributed by atoms with van der Waals surface area (Å²) in [6.45, 7) is 6.87. The highest BCUT2D eigenvalue weighted by molar-refractivity contribution is 5.73. The van der Waals surface area contributed by atoms with Crippen molar-refractivity contribution in [2.75, 3.05) is 0 Å². The number of aliphatic carboxylic acids is 1. The summed E-state index contributed by atoms with van der Waals surface area (Å²) in [6.07, 6.45) is -0.162. The van der Waals surface area contributed by atoms with Gasteiger partial charge in [-0.2, -0.15) is 0 Å². The summed E-state index contributed by atoms with van der Waals surface area (Å²) >= 11 is 0. The van der Waals surface area contributed by atoms with Gasteiger partial charge in [0.05, 0.1) is 5.92 Å². The number of rotatable bonds is 5. The van der Waals surface area contributed by atoms with Crippen molar-refractivity contribution in [2.45, 2.75) is 45.8 Å². The molecule has 0 aliphatic rings. The normalized spacial score (nSPS) is 14.1. The molecule has 5 heteroatoms. The lowest BCUT2D eigenvalue weighted by Gasteiger charge is -2.25. The number of nitrogens with one attached hydrogen (secondary N) is 1. The first kappa shape index (κ1) is 17.0. The average Bonchev–Trinajstić information content (AvgIpc) is 2.36. The van der Waals surface area contributed by atoms with Gasteiger partial charge in [0.2, 0.25) is 0 Å². The topological polar surface area (TPSA) is 75.6 Å². The number of hydrogen-bond acceptors (Lipinski definition) is 3. The fourth-order valence-electron chi connectivity index (χ4n) is 1.85. The lowest BCUT2D eigenvalue weighted by molar-refractivity contribution is -0.142. The van der Waals surface area contributed by atoms with Crippen molar-refractivity contribution in [3.05, 3.63) is 35.9 Å². The average molecular weight is 293 g/mol. The quantitative estimate of drug-likeness (QED) is 0.875. The van der Waals surface area contributed by atoms with Gasteiger partial charge in [-0.25, -0.2) is 4.79 Å². The number of carbonyl (C=O) groups excluding carboxylic acids is 1. The molecule has 2 atom stereocenters. The smallest absolute Gasteiger partial charge is 0.407 e. The van der Waals surface area contributed by atoms with Crippen LogP contribution in [0.25, 0.3) is 0 Å². The predicted octanol–water partition coefficient (Wildman–Crippen LogP) is 2.84. The summed E-state index contributed by atoms with van der Waals surface area (Å²) in [6, 6.07) is 8.92. The zero-order valence-electron chi connectivity index (χ0n) is 12.9. The number of carboxylic acid groups (broad SMARTS) is 1. The number of alkyl carbamates (subject to hydrolysis) is 1. The van der Waals surface area contributed by atoms with Crippen molar-refractivity contribution in [2.24, 2.45) is 5.92 Å². The summed E-state index contributed by atoms with van der Waals surface area (Å²) in [5, 5.41) is 11.8. The lowest BCUT2D eigenvalue weighted by atomic mass is 9.95. The molecule has 1 aromatic rings. The van der Waals surface area contributed by atoms with E-state index >= 15 is 0 Å². The molecule has 1 rings (SSSR count). The molecule has 2 N–H and O–H groups in total. The van der Waals surface area contributed by atoms with Gasteiger partial charge in [0.15, 0.2) is 0 Å². The molecule has 5 nitrogen and oxygen atoms in total.